The van der Waals surface area contributed by atoms with Crippen LogP contribution in [0, 0.1) is 0 Å². The normalized spacial score (nSPS) is 9.54. The van der Waals surface area contributed by atoms with Crippen molar-refractivity contribution < 1.29 is 9.90 Å². The molecule has 0 saturated carbocycles. The van der Waals surface area contributed by atoms with Crippen molar-refractivity contribution in [3.8, 4) is 0 Å². The minimum Gasteiger partial charge on any atom is -0.478 e. The molecule has 4 heteroatoms. The predicted octanol–water partition coefficient (Wildman–Crippen LogP) is 0.558. The van der Waals surface area contributed by atoms with Crippen LogP contribution in [0.2, 0.25) is 0 Å². The van der Waals surface area contributed by atoms with Gasteiger partial charge in [-0.05, 0) is 11.6 Å². The highest BCUT2D eigenvalue weighted by Gasteiger charge is 2.04. The second-order valence-electron chi connectivity index (χ2n) is 2.65. The first-order valence-electron chi connectivity index (χ1n) is 3.68. The molecule has 13 heavy (non-hydrogen) atoms. The first-order valence-corrected chi connectivity index (χ1v) is 3.68. The Morgan fingerprint density at radius 2 is 2.31 bits per heavy atom. The molecule has 1 rings (SSSR count). The number of aromatic nitrogens is 1. The fraction of sp³-hybridized carbons (Fsp3) is 0.111. The molecule has 0 spiro atoms. The van der Waals surface area contributed by atoms with Crippen LogP contribution in [0.25, 0.3) is 0 Å². The van der Waals surface area contributed by atoms with Crippen molar-refractivity contribution in [2.75, 3.05) is 0 Å². The van der Waals surface area contributed by atoms with Gasteiger partial charge in [0.15, 0.2) is 0 Å². The van der Waals surface area contributed by atoms with Crippen molar-refractivity contribution in [1.29, 1.82) is 0 Å². The summed E-state index contributed by atoms with van der Waals surface area (Å²) < 4.78 is 0. The Kier molecular flexibility index (Phi) is 2.64. The van der Waals surface area contributed by atoms with Crippen LogP contribution in [-0.4, -0.2) is 16.1 Å². The van der Waals surface area contributed by atoms with Gasteiger partial charge in [-0.2, -0.15) is 0 Å². The third kappa shape index (κ3) is 2.59. The Balaban J connectivity index is 2.81. The number of rotatable bonds is 3. The van der Waals surface area contributed by atoms with Gasteiger partial charge in [-0.15, -0.1) is 0 Å². The number of carboxylic acid groups (broad SMARTS) is 1. The zero-order chi connectivity index (χ0) is 9.84. The van der Waals surface area contributed by atoms with Gasteiger partial charge < -0.3 is 10.1 Å². The van der Waals surface area contributed by atoms with Crippen LogP contribution in [0.1, 0.15) is 5.56 Å². The van der Waals surface area contributed by atoms with Crippen LogP contribution in [0.5, 0.6) is 0 Å². The lowest BCUT2D eigenvalue weighted by atomic mass is 10.1. The number of pyridine rings is 1. The maximum absolute atomic E-state index is 10.8. The van der Waals surface area contributed by atoms with E-state index in [1.165, 1.54) is 12.3 Å². The van der Waals surface area contributed by atoms with Crippen molar-refractivity contribution in [2.45, 2.75) is 6.42 Å². The molecule has 0 aliphatic rings. The second-order valence-corrected chi connectivity index (χ2v) is 2.65. The van der Waals surface area contributed by atoms with Gasteiger partial charge in [0, 0.05) is 24.3 Å². The van der Waals surface area contributed by atoms with Gasteiger partial charge in [0.05, 0.1) is 0 Å². The molecule has 2 N–H and O–H groups in total. The fourth-order valence-electron chi connectivity index (χ4n) is 0.921. The van der Waals surface area contributed by atoms with Gasteiger partial charge in [-0.3, -0.25) is 4.79 Å². The first-order chi connectivity index (χ1) is 6.09. The summed E-state index contributed by atoms with van der Waals surface area (Å²) >= 11 is 0. The van der Waals surface area contributed by atoms with Crippen LogP contribution in [0.15, 0.2) is 35.3 Å². The van der Waals surface area contributed by atoms with Gasteiger partial charge in [0.2, 0.25) is 5.56 Å². The van der Waals surface area contributed by atoms with E-state index in [2.05, 4.69) is 11.6 Å². The van der Waals surface area contributed by atoms with Crippen molar-refractivity contribution in [2.24, 2.45) is 0 Å². The standard InChI is InChI=1S/C9H9NO3/c1-6(9(12)13)4-7-2-3-10-8(11)5-7/h2-3,5H,1,4H2,(H,10,11)(H,12,13). The molecule has 0 unspecified atom stereocenters. The van der Waals surface area contributed by atoms with E-state index < -0.39 is 5.97 Å². The summed E-state index contributed by atoms with van der Waals surface area (Å²) in [5, 5.41) is 8.53. The number of nitrogens with one attached hydrogen (secondary N) is 1. The quantitative estimate of drug-likeness (QED) is 0.666. The Bertz CT molecular complexity index is 392. The number of aliphatic carboxylic acids is 1. The third-order valence-corrected chi connectivity index (χ3v) is 1.56. The monoisotopic (exact) mass is 179 g/mol. The van der Waals surface area contributed by atoms with Crippen molar-refractivity contribution in [3.63, 3.8) is 0 Å². The lowest BCUT2D eigenvalue weighted by Crippen LogP contribution is -2.07. The molecule has 4 nitrogen and oxygen atoms in total. The molecule has 0 aliphatic carbocycles. The lowest BCUT2D eigenvalue weighted by Gasteiger charge is -1.98. The zero-order valence-corrected chi connectivity index (χ0v) is 6.91. The van der Waals surface area contributed by atoms with Crippen molar-refractivity contribution in [1.82, 2.24) is 4.98 Å². The molecule has 68 valence electrons. The van der Waals surface area contributed by atoms with Crippen molar-refractivity contribution >= 4 is 5.97 Å². The molecule has 0 bridgehead atoms. The Hall–Kier alpha value is -1.84. The van der Waals surface area contributed by atoms with E-state index in [-0.39, 0.29) is 17.6 Å². The van der Waals surface area contributed by atoms with E-state index in [0.29, 0.717) is 5.56 Å². The summed E-state index contributed by atoms with van der Waals surface area (Å²) in [6.45, 7) is 3.37. The van der Waals surface area contributed by atoms with Gasteiger partial charge in [0.25, 0.3) is 0 Å². The lowest BCUT2D eigenvalue weighted by molar-refractivity contribution is -0.132. The summed E-state index contributed by atoms with van der Waals surface area (Å²) in [6, 6.07) is 3.00. The predicted molar refractivity (Wildman–Crippen MR) is 47.5 cm³/mol. The number of H-pyrrole nitrogens is 1. The molecule has 1 aromatic heterocycles. The Morgan fingerprint density at radius 1 is 1.62 bits per heavy atom. The highest BCUT2D eigenvalue weighted by atomic mass is 16.4. The van der Waals surface area contributed by atoms with Gasteiger partial charge in [0.1, 0.15) is 0 Å². The molecule has 0 aromatic carbocycles. The Labute approximate surface area is 74.5 Å². The highest BCUT2D eigenvalue weighted by Crippen LogP contribution is 2.02. The van der Waals surface area contributed by atoms with E-state index in [1.54, 1.807) is 6.07 Å². The van der Waals surface area contributed by atoms with E-state index in [4.69, 9.17) is 5.11 Å². The molecular formula is C9H9NO3. The maximum atomic E-state index is 10.8. The molecule has 0 atom stereocenters. The number of carbonyl (C=O) groups is 1. The molecule has 0 amide bonds. The van der Waals surface area contributed by atoms with Crippen molar-refractivity contribution in [3.05, 3.63) is 46.4 Å². The zero-order valence-electron chi connectivity index (χ0n) is 6.91. The summed E-state index contributed by atoms with van der Waals surface area (Å²) in [6.07, 6.45) is 1.67. The van der Waals surface area contributed by atoms with E-state index in [1.807, 2.05) is 0 Å². The number of hydrogen-bond acceptors (Lipinski definition) is 2. The van der Waals surface area contributed by atoms with E-state index in [0.717, 1.165) is 0 Å². The molecule has 0 radical (unpaired) electrons. The van der Waals surface area contributed by atoms with Gasteiger partial charge in [-0.1, -0.05) is 6.58 Å². The highest BCUT2D eigenvalue weighted by molar-refractivity contribution is 5.86. The molecule has 1 aromatic rings. The number of hydrogen-bond donors (Lipinski definition) is 2. The molecule has 0 aliphatic heterocycles. The fourth-order valence-corrected chi connectivity index (χ4v) is 0.921. The van der Waals surface area contributed by atoms with Crippen LogP contribution in [0.3, 0.4) is 0 Å². The van der Waals surface area contributed by atoms with Crippen LogP contribution >= 0.6 is 0 Å². The molecule has 0 fully saturated rings. The molecule has 1 heterocycles. The SMILES string of the molecule is C=C(Cc1cc[nH]c(=O)c1)C(=O)O. The Morgan fingerprint density at radius 3 is 2.85 bits per heavy atom. The summed E-state index contributed by atoms with van der Waals surface area (Å²) in [7, 11) is 0. The summed E-state index contributed by atoms with van der Waals surface area (Å²) in [5.74, 6) is -1.04. The summed E-state index contributed by atoms with van der Waals surface area (Å²) in [5.41, 5.74) is 0.484. The first kappa shape index (κ1) is 9.25. The second kappa shape index (κ2) is 3.71. The van der Waals surface area contributed by atoms with Crippen LogP contribution in [0.4, 0.5) is 0 Å². The van der Waals surface area contributed by atoms with Crippen LogP contribution < -0.4 is 5.56 Å². The molecule has 0 saturated heterocycles. The maximum Gasteiger partial charge on any atom is 0.331 e. The minimum absolute atomic E-state index is 0.0746. The van der Waals surface area contributed by atoms with E-state index >= 15 is 0 Å². The van der Waals surface area contributed by atoms with E-state index in [9.17, 15) is 9.59 Å². The van der Waals surface area contributed by atoms with Gasteiger partial charge >= 0.3 is 5.97 Å². The number of carboxylic acids is 1. The minimum atomic E-state index is -1.04. The topological polar surface area (TPSA) is 70.2 Å². The molecular weight excluding hydrogens is 170 g/mol. The largest absolute Gasteiger partial charge is 0.478 e. The van der Waals surface area contributed by atoms with Gasteiger partial charge in [-0.25, -0.2) is 4.79 Å². The third-order valence-electron chi connectivity index (χ3n) is 1.56. The number of aromatic amines is 1. The van der Waals surface area contributed by atoms with Crippen LogP contribution in [-0.2, 0) is 11.2 Å². The smallest absolute Gasteiger partial charge is 0.331 e. The average molecular weight is 179 g/mol. The summed E-state index contributed by atoms with van der Waals surface area (Å²) in [4.78, 5) is 23.7. The average Bonchev–Trinajstić information content (AvgIpc) is 2.04.